The summed E-state index contributed by atoms with van der Waals surface area (Å²) in [4.78, 5) is 16.9. The zero-order chi connectivity index (χ0) is 12.7. The third-order valence-electron chi connectivity index (χ3n) is 3.49. The van der Waals surface area contributed by atoms with Crippen molar-refractivity contribution >= 4 is 22.5 Å². The summed E-state index contributed by atoms with van der Waals surface area (Å²) in [5.41, 5.74) is 1.59. The van der Waals surface area contributed by atoms with Crippen LogP contribution in [0.4, 0.5) is 0 Å². The van der Waals surface area contributed by atoms with E-state index in [-0.39, 0.29) is 16.9 Å². The van der Waals surface area contributed by atoms with Gasteiger partial charge in [0.05, 0.1) is 16.9 Å². The molecule has 0 saturated carbocycles. The van der Waals surface area contributed by atoms with Crippen LogP contribution >= 0.6 is 11.6 Å². The van der Waals surface area contributed by atoms with Gasteiger partial charge in [-0.1, -0.05) is 12.1 Å². The molecule has 0 bridgehead atoms. The number of aromatic nitrogens is 2. The maximum atomic E-state index is 12.6. The molecule has 3 rings (SSSR count). The second-order valence-electron chi connectivity index (χ2n) is 4.67. The summed E-state index contributed by atoms with van der Waals surface area (Å²) in [6, 6.07) is 5.76. The first-order valence-corrected chi connectivity index (χ1v) is 6.44. The standard InChI is InChI=1S/C13H14ClN3O/c1-8-3-2-4-10-11(8)12(18)17(13(14)16-10)9-5-6-15-7-9/h2-4,9,15H,5-7H2,1H3. The Bertz CT molecular complexity index is 659. The zero-order valence-corrected chi connectivity index (χ0v) is 10.9. The Morgan fingerprint density at radius 2 is 2.33 bits per heavy atom. The van der Waals surface area contributed by atoms with Crippen LogP contribution in [-0.2, 0) is 0 Å². The van der Waals surface area contributed by atoms with Crippen molar-refractivity contribution in [2.24, 2.45) is 0 Å². The van der Waals surface area contributed by atoms with E-state index in [2.05, 4.69) is 10.3 Å². The molecule has 5 heteroatoms. The lowest BCUT2D eigenvalue weighted by Gasteiger charge is -2.15. The number of aryl methyl sites for hydroxylation is 1. The van der Waals surface area contributed by atoms with Gasteiger partial charge in [0.25, 0.3) is 5.56 Å². The van der Waals surface area contributed by atoms with Crippen LogP contribution in [0.2, 0.25) is 5.28 Å². The lowest BCUT2D eigenvalue weighted by molar-refractivity contribution is 0.526. The Morgan fingerprint density at radius 1 is 1.50 bits per heavy atom. The van der Waals surface area contributed by atoms with Crippen LogP contribution in [0, 0.1) is 6.92 Å². The molecule has 1 fully saturated rings. The molecular formula is C13H14ClN3O. The molecule has 0 amide bonds. The molecule has 0 aliphatic carbocycles. The van der Waals surface area contributed by atoms with E-state index in [1.54, 1.807) is 4.57 Å². The van der Waals surface area contributed by atoms with Gasteiger partial charge in [-0.05, 0) is 43.1 Å². The molecule has 1 aromatic carbocycles. The first kappa shape index (κ1) is 11.7. The van der Waals surface area contributed by atoms with Crippen molar-refractivity contribution in [3.05, 3.63) is 39.4 Å². The predicted molar refractivity (Wildman–Crippen MR) is 72.3 cm³/mol. The van der Waals surface area contributed by atoms with E-state index in [0.717, 1.165) is 25.1 Å². The van der Waals surface area contributed by atoms with Gasteiger partial charge < -0.3 is 5.32 Å². The Morgan fingerprint density at radius 3 is 3.06 bits per heavy atom. The number of hydrogen-bond donors (Lipinski definition) is 1. The van der Waals surface area contributed by atoms with Gasteiger partial charge in [-0.25, -0.2) is 4.98 Å². The number of hydrogen-bond acceptors (Lipinski definition) is 3. The van der Waals surface area contributed by atoms with Crippen LogP contribution in [0.25, 0.3) is 10.9 Å². The lowest BCUT2D eigenvalue weighted by atomic mass is 10.1. The van der Waals surface area contributed by atoms with Crippen LogP contribution < -0.4 is 10.9 Å². The molecule has 1 unspecified atom stereocenters. The highest BCUT2D eigenvalue weighted by Crippen LogP contribution is 2.21. The molecule has 1 aliphatic heterocycles. The molecule has 0 spiro atoms. The molecule has 1 atom stereocenters. The van der Waals surface area contributed by atoms with Gasteiger partial charge in [-0.2, -0.15) is 0 Å². The minimum absolute atomic E-state index is 0.0307. The fraction of sp³-hybridized carbons (Fsp3) is 0.385. The van der Waals surface area contributed by atoms with Crippen molar-refractivity contribution in [2.45, 2.75) is 19.4 Å². The topological polar surface area (TPSA) is 46.9 Å². The number of nitrogens with zero attached hydrogens (tertiary/aromatic N) is 2. The van der Waals surface area contributed by atoms with Crippen molar-refractivity contribution in [3.63, 3.8) is 0 Å². The molecule has 94 valence electrons. The first-order valence-electron chi connectivity index (χ1n) is 6.06. The number of nitrogens with one attached hydrogen (secondary N) is 1. The summed E-state index contributed by atoms with van der Waals surface area (Å²) in [5.74, 6) is 0. The normalized spacial score (nSPS) is 19.6. The Kier molecular flexibility index (Phi) is 2.84. The van der Waals surface area contributed by atoms with E-state index in [1.807, 2.05) is 25.1 Å². The van der Waals surface area contributed by atoms with E-state index in [1.165, 1.54) is 0 Å². The van der Waals surface area contributed by atoms with Crippen molar-refractivity contribution < 1.29 is 0 Å². The summed E-state index contributed by atoms with van der Waals surface area (Å²) in [7, 11) is 0. The quantitative estimate of drug-likeness (QED) is 0.800. The highest BCUT2D eigenvalue weighted by atomic mass is 35.5. The van der Waals surface area contributed by atoms with E-state index in [4.69, 9.17) is 11.6 Å². The molecule has 2 aromatic rings. The molecule has 1 saturated heterocycles. The van der Waals surface area contributed by atoms with Crippen molar-refractivity contribution in [1.29, 1.82) is 0 Å². The molecular weight excluding hydrogens is 250 g/mol. The molecule has 1 aliphatic rings. The van der Waals surface area contributed by atoms with Crippen molar-refractivity contribution in [1.82, 2.24) is 14.9 Å². The SMILES string of the molecule is Cc1cccc2nc(Cl)n(C3CCNC3)c(=O)c12. The average Bonchev–Trinajstić information content (AvgIpc) is 2.82. The third kappa shape index (κ3) is 1.72. The highest BCUT2D eigenvalue weighted by Gasteiger charge is 2.22. The fourth-order valence-corrected chi connectivity index (χ4v) is 2.86. The van der Waals surface area contributed by atoms with Crippen LogP contribution in [-0.4, -0.2) is 22.6 Å². The Labute approximate surface area is 110 Å². The number of fused-ring (bicyclic) bond motifs is 1. The molecule has 1 aromatic heterocycles. The summed E-state index contributed by atoms with van der Waals surface area (Å²) < 4.78 is 1.62. The van der Waals surface area contributed by atoms with Gasteiger partial charge >= 0.3 is 0 Å². The Balaban J connectivity index is 2.32. The summed E-state index contributed by atoms with van der Waals surface area (Å²) in [6.07, 6.45) is 0.915. The molecule has 0 radical (unpaired) electrons. The predicted octanol–water partition coefficient (Wildman–Crippen LogP) is 1.89. The summed E-state index contributed by atoms with van der Waals surface area (Å²) >= 11 is 6.16. The molecule has 2 heterocycles. The molecule has 4 nitrogen and oxygen atoms in total. The van der Waals surface area contributed by atoms with Gasteiger partial charge in [-0.15, -0.1) is 0 Å². The van der Waals surface area contributed by atoms with Gasteiger partial charge in [0, 0.05) is 6.54 Å². The van der Waals surface area contributed by atoms with E-state index < -0.39 is 0 Å². The van der Waals surface area contributed by atoms with E-state index >= 15 is 0 Å². The number of rotatable bonds is 1. The summed E-state index contributed by atoms with van der Waals surface area (Å²) in [6.45, 7) is 3.62. The number of halogens is 1. The van der Waals surface area contributed by atoms with Crippen LogP contribution in [0.3, 0.4) is 0 Å². The maximum absolute atomic E-state index is 12.6. The fourth-order valence-electron chi connectivity index (χ4n) is 2.56. The third-order valence-corrected chi connectivity index (χ3v) is 3.76. The smallest absolute Gasteiger partial charge is 0.262 e. The minimum atomic E-state index is -0.0307. The van der Waals surface area contributed by atoms with Gasteiger partial charge in [0.1, 0.15) is 0 Å². The van der Waals surface area contributed by atoms with E-state index in [0.29, 0.717) is 10.9 Å². The Hall–Kier alpha value is -1.39. The lowest BCUT2D eigenvalue weighted by Crippen LogP contribution is -2.28. The van der Waals surface area contributed by atoms with E-state index in [9.17, 15) is 4.79 Å². The largest absolute Gasteiger partial charge is 0.315 e. The highest BCUT2D eigenvalue weighted by molar-refractivity contribution is 6.28. The zero-order valence-electron chi connectivity index (χ0n) is 10.1. The van der Waals surface area contributed by atoms with Gasteiger partial charge in [0.15, 0.2) is 0 Å². The van der Waals surface area contributed by atoms with Crippen LogP contribution in [0.15, 0.2) is 23.0 Å². The van der Waals surface area contributed by atoms with Gasteiger partial charge in [0.2, 0.25) is 5.28 Å². The first-order chi connectivity index (χ1) is 8.68. The maximum Gasteiger partial charge on any atom is 0.262 e. The van der Waals surface area contributed by atoms with Crippen LogP contribution in [0.1, 0.15) is 18.0 Å². The molecule has 18 heavy (non-hydrogen) atoms. The molecule has 1 N–H and O–H groups in total. The second-order valence-corrected chi connectivity index (χ2v) is 5.01. The average molecular weight is 264 g/mol. The second kappa shape index (κ2) is 4.37. The number of benzene rings is 1. The van der Waals surface area contributed by atoms with Crippen LogP contribution in [0.5, 0.6) is 0 Å². The minimum Gasteiger partial charge on any atom is -0.315 e. The van der Waals surface area contributed by atoms with Crippen molar-refractivity contribution in [3.8, 4) is 0 Å². The monoisotopic (exact) mass is 263 g/mol. The van der Waals surface area contributed by atoms with Crippen molar-refractivity contribution in [2.75, 3.05) is 13.1 Å². The van der Waals surface area contributed by atoms with Gasteiger partial charge in [-0.3, -0.25) is 9.36 Å². The summed E-state index contributed by atoms with van der Waals surface area (Å²) in [5, 5.41) is 4.20.